The van der Waals surface area contributed by atoms with E-state index >= 15 is 0 Å². The van der Waals surface area contributed by atoms with Crippen molar-refractivity contribution in [3.05, 3.63) is 77.3 Å². The number of nitrogens with one attached hydrogen (secondary N) is 2. The van der Waals surface area contributed by atoms with Crippen molar-refractivity contribution in [3.8, 4) is 23.0 Å². The van der Waals surface area contributed by atoms with Crippen LogP contribution < -0.4 is 29.7 Å². The number of hydrazone groups is 1. The van der Waals surface area contributed by atoms with Crippen molar-refractivity contribution in [3.63, 3.8) is 0 Å². The lowest BCUT2D eigenvalue weighted by Gasteiger charge is -2.14. The van der Waals surface area contributed by atoms with E-state index in [-0.39, 0.29) is 6.61 Å². The van der Waals surface area contributed by atoms with E-state index in [9.17, 15) is 0 Å². The molecule has 0 aliphatic rings. The molecule has 0 bridgehead atoms. The molecule has 0 radical (unpaired) electrons. The molecule has 3 rings (SSSR count). The van der Waals surface area contributed by atoms with Gasteiger partial charge in [-0.25, -0.2) is 0 Å². The molecule has 2 N–H and O–H groups in total. The smallest absolute Gasteiger partial charge is 0.191 e. The lowest BCUT2D eigenvalue weighted by Crippen LogP contribution is -2.23. The standard InChI is InChI=1S/C24H24ClN3O4S/c1-29-20-10-6-7-11-21(20)31-12-13-32-23-19(25)14-17(15-22(23)30-2)16-26-28-24(33)27-18-8-4-3-5-9-18/h3-11,14-16H,12-13H2,1-2H3,(H2,27,28,33)/b26-16+. The maximum Gasteiger partial charge on any atom is 0.191 e. The lowest BCUT2D eigenvalue weighted by atomic mass is 10.2. The van der Waals surface area contributed by atoms with Gasteiger partial charge >= 0.3 is 0 Å². The van der Waals surface area contributed by atoms with Crippen LogP contribution in [-0.4, -0.2) is 38.8 Å². The van der Waals surface area contributed by atoms with Crippen molar-refractivity contribution in [1.82, 2.24) is 5.43 Å². The van der Waals surface area contributed by atoms with Gasteiger partial charge in [0.2, 0.25) is 0 Å². The van der Waals surface area contributed by atoms with E-state index in [4.69, 9.17) is 42.8 Å². The van der Waals surface area contributed by atoms with Crippen molar-refractivity contribution in [2.45, 2.75) is 0 Å². The molecule has 0 saturated carbocycles. The van der Waals surface area contributed by atoms with Crippen LogP contribution in [0.4, 0.5) is 5.69 Å². The van der Waals surface area contributed by atoms with Gasteiger partial charge in [-0.1, -0.05) is 41.9 Å². The predicted molar refractivity (Wildman–Crippen MR) is 135 cm³/mol. The molecule has 0 aromatic heterocycles. The SMILES string of the molecule is COc1ccccc1OCCOc1c(Cl)cc(/C=N/NC(=S)Nc2ccccc2)cc1OC. The van der Waals surface area contributed by atoms with Gasteiger partial charge in [0, 0.05) is 5.69 Å². The molecule has 172 valence electrons. The number of ether oxygens (including phenoxy) is 4. The lowest BCUT2D eigenvalue weighted by molar-refractivity contribution is 0.206. The number of halogens is 1. The highest BCUT2D eigenvalue weighted by Crippen LogP contribution is 2.36. The van der Waals surface area contributed by atoms with Gasteiger partial charge in [-0.05, 0) is 54.2 Å². The molecule has 0 heterocycles. The van der Waals surface area contributed by atoms with Crippen LogP contribution >= 0.6 is 23.8 Å². The van der Waals surface area contributed by atoms with Gasteiger partial charge in [0.25, 0.3) is 0 Å². The fourth-order valence-electron chi connectivity index (χ4n) is 2.83. The topological polar surface area (TPSA) is 73.3 Å². The second-order valence-electron chi connectivity index (χ2n) is 6.57. The molecular weight excluding hydrogens is 462 g/mol. The Balaban J connectivity index is 1.55. The Hall–Kier alpha value is -3.49. The van der Waals surface area contributed by atoms with Crippen LogP contribution in [0.25, 0.3) is 0 Å². The average molecular weight is 486 g/mol. The molecule has 0 fully saturated rings. The molecule has 0 aliphatic carbocycles. The molecule has 3 aromatic rings. The van der Waals surface area contributed by atoms with Crippen LogP contribution in [0.5, 0.6) is 23.0 Å². The predicted octanol–water partition coefficient (Wildman–Crippen LogP) is 5.14. The van der Waals surface area contributed by atoms with Crippen molar-refractivity contribution in [2.24, 2.45) is 5.10 Å². The third-order valence-electron chi connectivity index (χ3n) is 4.32. The Bertz CT molecular complexity index is 1100. The molecule has 0 aliphatic heterocycles. The zero-order valence-electron chi connectivity index (χ0n) is 18.2. The molecule has 0 amide bonds. The van der Waals surface area contributed by atoms with Crippen LogP contribution in [-0.2, 0) is 0 Å². The summed E-state index contributed by atoms with van der Waals surface area (Å²) in [4.78, 5) is 0. The minimum Gasteiger partial charge on any atom is -0.493 e. The van der Waals surface area contributed by atoms with Gasteiger partial charge in [0.15, 0.2) is 28.1 Å². The average Bonchev–Trinajstić information content (AvgIpc) is 2.83. The summed E-state index contributed by atoms with van der Waals surface area (Å²) in [6.07, 6.45) is 1.59. The minimum atomic E-state index is 0.266. The first kappa shape index (κ1) is 24.2. The largest absolute Gasteiger partial charge is 0.493 e. The third kappa shape index (κ3) is 7.27. The van der Waals surface area contributed by atoms with Crippen molar-refractivity contribution >= 4 is 40.8 Å². The van der Waals surface area contributed by atoms with Gasteiger partial charge in [0.1, 0.15) is 13.2 Å². The van der Waals surface area contributed by atoms with E-state index in [1.807, 2.05) is 54.6 Å². The molecule has 0 atom stereocenters. The highest BCUT2D eigenvalue weighted by molar-refractivity contribution is 7.80. The van der Waals surface area contributed by atoms with Crippen LogP contribution in [0.2, 0.25) is 5.02 Å². The monoisotopic (exact) mass is 485 g/mol. The normalized spacial score (nSPS) is 10.5. The quantitative estimate of drug-likeness (QED) is 0.178. The highest BCUT2D eigenvalue weighted by Gasteiger charge is 2.12. The van der Waals surface area contributed by atoms with E-state index in [2.05, 4.69) is 15.8 Å². The highest BCUT2D eigenvalue weighted by atomic mass is 35.5. The Morgan fingerprint density at radius 1 is 0.909 bits per heavy atom. The van der Waals surface area contributed by atoms with Gasteiger partial charge in [-0.2, -0.15) is 5.10 Å². The summed E-state index contributed by atoms with van der Waals surface area (Å²) in [5.74, 6) is 2.20. The van der Waals surface area contributed by atoms with Crippen LogP contribution in [0.1, 0.15) is 5.56 Å². The van der Waals surface area contributed by atoms with E-state index in [0.29, 0.717) is 45.3 Å². The second kappa shape index (κ2) is 12.5. The van der Waals surface area contributed by atoms with Crippen molar-refractivity contribution in [2.75, 3.05) is 32.8 Å². The van der Waals surface area contributed by atoms with Gasteiger partial charge in [-0.3, -0.25) is 5.43 Å². The number of hydrogen-bond acceptors (Lipinski definition) is 6. The molecule has 0 saturated heterocycles. The summed E-state index contributed by atoms with van der Waals surface area (Å²) >= 11 is 11.7. The summed E-state index contributed by atoms with van der Waals surface area (Å²) in [6, 6.07) is 20.5. The summed E-state index contributed by atoms with van der Waals surface area (Å²) in [7, 11) is 3.14. The molecule has 0 spiro atoms. The summed E-state index contributed by atoms with van der Waals surface area (Å²) in [5.41, 5.74) is 4.35. The van der Waals surface area contributed by atoms with Gasteiger partial charge in [-0.15, -0.1) is 0 Å². The number of methoxy groups -OCH3 is 2. The van der Waals surface area contributed by atoms with Crippen LogP contribution in [0.3, 0.4) is 0 Å². The number of para-hydroxylation sites is 3. The molecule has 0 unspecified atom stereocenters. The maximum atomic E-state index is 6.42. The Labute approximate surface area is 203 Å². The third-order valence-corrected chi connectivity index (χ3v) is 4.79. The fourth-order valence-corrected chi connectivity index (χ4v) is 3.28. The molecule has 33 heavy (non-hydrogen) atoms. The number of thiocarbonyl (C=S) groups is 1. The Morgan fingerprint density at radius 2 is 1.58 bits per heavy atom. The molecule has 9 heteroatoms. The minimum absolute atomic E-state index is 0.266. The number of rotatable bonds is 10. The second-order valence-corrected chi connectivity index (χ2v) is 7.39. The van der Waals surface area contributed by atoms with E-state index < -0.39 is 0 Å². The number of hydrogen-bond donors (Lipinski definition) is 2. The fraction of sp³-hybridized carbons (Fsp3) is 0.167. The molecule has 7 nitrogen and oxygen atoms in total. The summed E-state index contributed by atoms with van der Waals surface area (Å²) < 4.78 is 22.2. The Morgan fingerprint density at radius 3 is 2.30 bits per heavy atom. The number of nitrogens with zero attached hydrogens (tertiary/aromatic N) is 1. The van der Waals surface area contributed by atoms with Crippen LogP contribution in [0.15, 0.2) is 71.8 Å². The number of benzene rings is 3. The first-order valence-corrected chi connectivity index (χ1v) is 10.8. The molecular formula is C24H24ClN3O4S. The van der Waals surface area contributed by atoms with Crippen molar-refractivity contribution in [1.29, 1.82) is 0 Å². The van der Waals surface area contributed by atoms with Gasteiger partial charge < -0.3 is 24.3 Å². The van der Waals surface area contributed by atoms with Crippen molar-refractivity contribution < 1.29 is 18.9 Å². The van der Waals surface area contributed by atoms with E-state index in [1.54, 1.807) is 32.6 Å². The number of anilines is 1. The van der Waals surface area contributed by atoms with E-state index in [1.165, 1.54) is 0 Å². The van der Waals surface area contributed by atoms with Gasteiger partial charge in [0.05, 0.1) is 25.5 Å². The Kier molecular flexibility index (Phi) is 9.17. The summed E-state index contributed by atoms with van der Waals surface area (Å²) in [6.45, 7) is 0.571. The first-order chi connectivity index (χ1) is 16.1. The van der Waals surface area contributed by atoms with E-state index in [0.717, 1.165) is 5.69 Å². The summed E-state index contributed by atoms with van der Waals surface area (Å²) in [5, 5.41) is 7.93. The zero-order chi connectivity index (χ0) is 23.5. The molecule has 3 aromatic carbocycles. The first-order valence-electron chi connectivity index (χ1n) is 10.0. The van der Waals surface area contributed by atoms with Crippen LogP contribution in [0, 0.1) is 0 Å². The maximum absolute atomic E-state index is 6.42. The zero-order valence-corrected chi connectivity index (χ0v) is 19.8.